The van der Waals surface area contributed by atoms with Gasteiger partial charge in [0.15, 0.2) is 5.78 Å². The van der Waals surface area contributed by atoms with Gasteiger partial charge in [0.25, 0.3) is 0 Å². The number of hydrogen-bond acceptors (Lipinski definition) is 3. The molecule has 0 radical (unpaired) electrons. The van der Waals surface area contributed by atoms with Crippen LogP contribution in [0.4, 0.5) is 14.9 Å². The van der Waals surface area contributed by atoms with Gasteiger partial charge in [-0.1, -0.05) is 12.1 Å². The number of aromatic nitrogens is 2. The van der Waals surface area contributed by atoms with E-state index < -0.39 is 17.9 Å². The van der Waals surface area contributed by atoms with Crippen LogP contribution in [0.2, 0.25) is 0 Å². The fourth-order valence-electron chi connectivity index (χ4n) is 3.24. The Kier molecular flexibility index (Phi) is 4.19. The summed E-state index contributed by atoms with van der Waals surface area (Å²) in [5.41, 5.74) is 2.07. The highest BCUT2D eigenvalue weighted by Gasteiger charge is 2.29. The van der Waals surface area contributed by atoms with E-state index in [0.717, 1.165) is 10.9 Å². The van der Waals surface area contributed by atoms with E-state index in [0.29, 0.717) is 11.3 Å². The molecule has 0 saturated carbocycles. The van der Waals surface area contributed by atoms with Crippen LogP contribution in [0.15, 0.2) is 60.9 Å². The number of urea groups is 1. The number of benzene rings is 2. The zero-order valence-corrected chi connectivity index (χ0v) is 14.6. The van der Waals surface area contributed by atoms with Crippen molar-refractivity contribution in [2.24, 2.45) is 7.05 Å². The Morgan fingerprint density at radius 3 is 2.93 bits per heavy atom. The van der Waals surface area contributed by atoms with Crippen molar-refractivity contribution in [2.75, 3.05) is 5.32 Å². The van der Waals surface area contributed by atoms with Gasteiger partial charge in [-0.05, 0) is 42.0 Å². The van der Waals surface area contributed by atoms with Crippen LogP contribution in [0.25, 0.3) is 10.9 Å². The summed E-state index contributed by atoms with van der Waals surface area (Å²) < 4.78 is 15.3. The predicted molar refractivity (Wildman–Crippen MR) is 99.5 cm³/mol. The summed E-state index contributed by atoms with van der Waals surface area (Å²) in [5, 5.41) is 7.99. The lowest BCUT2D eigenvalue weighted by molar-refractivity contribution is -0.116. The molecule has 27 heavy (non-hydrogen) atoms. The molecule has 7 heteroatoms. The van der Waals surface area contributed by atoms with Gasteiger partial charge in [-0.25, -0.2) is 9.18 Å². The van der Waals surface area contributed by atoms with Crippen LogP contribution in [0, 0.1) is 5.82 Å². The number of amides is 2. The number of ketones is 1. The lowest BCUT2D eigenvalue weighted by Crippen LogP contribution is -2.37. The second kappa shape index (κ2) is 6.68. The molecule has 0 saturated heterocycles. The maximum atomic E-state index is 13.6. The third-order valence-electron chi connectivity index (χ3n) is 4.62. The summed E-state index contributed by atoms with van der Waals surface area (Å²) in [4.78, 5) is 26.1. The first-order valence-electron chi connectivity index (χ1n) is 8.49. The van der Waals surface area contributed by atoms with Gasteiger partial charge < -0.3 is 5.32 Å². The van der Waals surface area contributed by atoms with Crippen molar-refractivity contribution < 1.29 is 14.0 Å². The number of nitrogens with one attached hydrogen (secondary N) is 1. The Balaban J connectivity index is 1.62. The van der Waals surface area contributed by atoms with Crippen LogP contribution in [-0.2, 0) is 11.8 Å². The first kappa shape index (κ1) is 17.0. The van der Waals surface area contributed by atoms with Crippen molar-refractivity contribution >= 4 is 28.4 Å². The van der Waals surface area contributed by atoms with E-state index in [9.17, 15) is 14.0 Å². The molecule has 0 bridgehead atoms. The largest absolute Gasteiger partial charge is 0.326 e. The monoisotopic (exact) mass is 364 g/mol. The lowest BCUT2D eigenvalue weighted by Gasteiger charge is -2.31. The van der Waals surface area contributed by atoms with Crippen molar-refractivity contribution in [3.8, 4) is 0 Å². The SMILES string of the molecule is Cn1ncc2ccc(NC(=O)N3C=CC(=O)C[C@H]3c3cccc(F)c3)cc21. The first-order chi connectivity index (χ1) is 13.0. The number of hydrogen-bond donors (Lipinski definition) is 1. The summed E-state index contributed by atoms with van der Waals surface area (Å²) in [5.74, 6) is -0.513. The second-order valence-electron chi connectivity index (χ2n) is 6.44. The molecule has 136 valence electrons. The molecular weight excluding hydrogens is 347 g/mol. The Morgan fingerprint density at radius 2 is 2.11 bits per heavy atom. The maximum absolute atomic E-state index is 13.6. The van der Waals surface area contributed by atoms with Crippen molar-refractivity contribution in [2.45, 2.75) is 12.5 Å². The highest BCUT2D eigenvalue weighted by molar-refractivity contribution is 5.97. The molecule has 1 aliphatic heterocycles. The first-order valence-corrected chi connectivity index (χ1v) is 8.49. The van der Waals surface area contributed by atoms with Gasteiger partial charge in [-0.15, -0.1) is 0 Å². The van der Waals surface area contributed by atoms with Gasteiger partial charge in [0.1, 0.15) is 5.82 Å². The van der Waals surface area contributed by atoms with Gasteiger partial charge in [-0.3, -0.25) is 14.4 Å². The molecular formula is C20H17FN4O2. The van der Waals surface area contributed by atoms with Crippen molar-refractivity contribution in [3.63, 3.8) is 0 Å². The quantitative estimate of drug-likeness (QED) is 0.753. The van der Waals surface area contributed by atoms with E-state index in [1.807, 2.05) is 19.2 Å². The number of nitrogens with zero attached hydrogens (tertiary/aromatic N) is 3. The number of carbonyl (C=O) groups is 2. The minimum atomic E-state index is -0.557. The number of carbonyl (C=O) groups excluding carboxylic acids is 2. The van der Waals surface area contributed by atoms with Crippen molar-refractivity contribution in [1.29, 1.82) is 0 Å². The summed E-state index contributed by atoms with van der Waals surface area (Å²) >= 11 is 0. The number of aryl methyl sites for hydroxylation is 1. The van der Waals surface area contributed by atoms with E-state index in [4.69, 9.17) is 0 Å². The van der Waals surface area contributed by atoms with Crippen LogP contribution in [-0.4, -0.2) is 26.5 Å². The van der Waals surface area contributed by atoms with Gasteiger partial charge in [0.05, 0.1) is 17.8 Å². The summed E-state index contributed by atoms with van der Waals surface area (Å²) in [6.07, 6.45) is 4.66. The zero-order valence-electron chi connectivity index (χ0n) is 14.6. The average molecular weight is 364 g/mol. The summed E-state index contributed by atoms with van der Waals surface area (Å²) in [6, 6.07) is 10.5. The van der Waals surface area contributed by atoms with Crippen LogP contribution in [0.5, 0.6) is 0 Å². The van der Waals surface area contributed by atoms with Crippen LogP contribution < -0.4 is 5.32 Å². The van der Waals surface area contributed by atoms with Crippen LogP contribution in [0.1, 0.15) is 18.0 Å². The lowest BCUT2D eigenvalue weighted by atomic mass is 9.97. The maximum Gasteiger partial charge on any atom is 0.326 e. The van der Waals surface area contributed by atoms with Gasteiger partial charge in [0, 0.05) is 30.7 Å². The van der Waals surface area contributed by atoms with Gasteiger partial charge >= 0.3 is 6.03 Å². The molecule has 1 aromatic heterocycles. The van der Waals surface area contributed by atoms with E-state index in [1.165, 1.54) is 29.3 Å². The highest BCUT2D eigenvalue weighted by atomic mass is 19.1. The van der Waals surface area contributed by atoms with Crippen molar-refractivity contribution in [1.82, 2.24) is 14.7 Å². The molecule has 0 fully saturated rings. The smallest absolute Gasteiger partial charge is 0.307 e. The third kappa shape index (κ3) is 3.31. The topological polar surface area (TPSA) is 67.2 Å². The van der Waals surface area contributed by atoms with Crippen molar-refractivity contribution in [3.05, 3.63) is 72.3 Å². The average Bonchev–Trinajstić information content (AvgIpc) is 3.02. The van der Waals surface area contributed by atoms with E-state index >= 15 is 0 Å². The number of anilines is 1. The Bertz CT molecular complexity index is 1070. The van der Waals surface area contributed by atoms with Crippen LogP contribution >= 0.6 is 0 Å². The minimum Gasteiger partial charge on any atom is -0.307 e. The molecule has 3 aromatic rings. The Labute approximate surface area is 154 Å². The molecule has 6 nitrogen and oxygen atoms in total. The van der Waals surface area contributed by atoms with E-state index in [2.05, 4.69) is 10.4 Å². The number of fused-ring (bicyclic) bond motifs is 1. The molecule has 1 N–H and O–H groups in total. The molecule has 2 aromatic carbocycles. The zero-order chi connectivity index (χ0) is 19.0. The normalized spacial score (nSPS) is 16.7. The predicted octanol–water partition coefficient (Wildman–Crippen LogP) is 3.77. The Hall–Kier alpha value is -3.48. The van der Waals surface area contributed by atoms with E-state index in [1.54, 1.807) is 29.1 Å². The number of rotatable bonds is 2. The van der Waals surface area contributed by atoms with Gasteiger partial charge in [-0.2, -0.15) is 5.10 Å². The summed E-state index contributed by atoms with van der Waals surface area (Å²) in [6.45, 7) is 0. The fourth-order valence-corrected chi connectivity index (χ4v) is 3.24. The third-order valence-corrected chi connectivity index (χ3v) is 4.62. The standard InChI is InChI=1S/C20H17FN4O2/c1-24-18-10-16(6-5-14(18)12-22-24)23-20(27)25-8-7-17(26)11-19(25)13-3-2-4-15(21)9-13/h2-10,12,19H,11H2,1H3,(H,23,27)/t19-/m0/s1. The van der Waals surface area contributed by atoms with Gasteiger partial charge in [0.2, 0.25) is 0 Å². The number of allylic oxidation sites excluding steroid dienone is 1. The minimum absolute atomic E-state index is 0.105. The molecule has 1 atom stereocenters. The molecule has 2 amide bonds. The molecule has 2 heterocycles. The highest BCUT2D eigenvalue weighted by Crippen LogP contribution is 2.30. The number of halogens is 1. The Morgan fingerprint density at radius 1 is 1.26 bits per heavy atom. The van der Waals surface area contributed by atoms with E-state index in [-0.39, 0.29) is 12.2 Å². The fraction of sp³-hybridized carbons (Fsp3) is 0.150. The summed E-state index contributed by atoms with van der Waals surface area (Å²) in [7, 11) is 1.83. The molecule has 0 unspecified atom stereocenters. The van der Waals surface area contributed by atoms with Crippen LogP contribution in [0.3, 0.4) is 0 Å². The molecule has 0 spiro atoms. The molecule has 0 aliphatic carbocycles. The second-order valence-corrected chi connectivity index (χ2v) is 6.44. The molecule has 1 aliphatic rings. The molecule has 4 rings (SSSR count).